The zero-order valence-electron chi connectivity index (χ0n) is 12.9. The number of ether oxygens (including phenoxy) is 1. The van der Waals surface area contributed by atoms with Gasteiger partial charge in [-0.15, -0.1) is 0 Å². The summed E-state index contributed by atoms with van der Waals surface area (Å²) in [6, 6.07) is 14.1. The number of fused-ring (bicyclic) bond motifs is 1. The van der Waals surface area contributed by atoms with Gasteiger partial charge in [-0.25, -0.2) is 0 Å². The van der Waals surface area contributed by atoms with Crippen molar-refractivity contribution >= 4 is 34.0 Å². The second kappa shape index (κ2) is 6.86. The molecule has 24 heavy (non-hydrogen) atoms. The molecule has 0 saturated carbocycles. The van der Waals surface area contributed by atoms with Gasteiger partial charge < -0.3 is 15.0 Å². The molecular weight excluding hydrogens is 328 g/mol. The second-order valence-corrected chi connectivity index (χ2v) is 5.65. The molecule has 3 aromatic rings. The number of carbonyl (C=O) groups excluding carboxylic acids is 1. The summed E-state index contributed by atoms with van der Waals surface area (Å²) in [5.41, 5.74) is 0.940. The third-order valence-corrected chi connectivity index (χ3v) is 4.01. The lowest BCUT2D eigenvalue weighted by Gasteiger charge is -2.16. The molecule has 6 heteroatoms. The Labute approximate surface area is 143 Å². The van der Waals surface area contributed by atoms with Crippen LogP contribution in [0.15, 0.2) is 59.5 Å². The third-order valence-electron chi connectivity index (χ3n) is 3.70. The summed E-state index contributed by atoms with van der Waals surface area (Å²) in [5, 5.41) is 4.20. The van der Waals surface area contributed by atoms with Gasteiger partial charge in [0.15, 0.2) is 6.10 Å². The van der Waals surface area contributed by atoms with E-state index in [0.717, 1.165) is 5.56 Å². The van der Waals surface area contributed by atoms with Crippen molar-refractivity contribution in [2.24, 2.45) is 0 Å². The molecule has 1 aromatic heterocycles. The minimum Gasteiger partial charge on any atom is -0.367 e. The van der Waals surface area contributed by atoms with E-state index < -0.39 is 6.10 Å². The topological polar surface area (TPSA) is 71.2 Å². The number of aromatic amines is 1. The van der Waals surface area contributed by atoms with E-state index >= 15 is 0 Å². The van der Waals surface area contributed by atoms with E-state index in [1.165, 1.54) is 13.2 Å². The third kappa shape index (κ3) is 3.18. The summed E-state index contributed by atoms with van der Waals surface area (Å²) in [7, 11) is 1.47. The van der Waals surface area contributed by atoms with Crippen LogP contribution in [-0.4, -0.2) is 18.0 Å². The number of hydrogen-bond donors (Lipinski definition) is 2. The van der Waals surface area contributed by atoms with Crippen LogP contribution in [0.25, 0.3) is 10.8 Å². The minimum atomic E-state index is -0.753. The Hall–Kier alpha value is -2.63. The van der Waals surface area contributed by atoms with Crippen LogP contribution >= 0.6 is 11.6 Å². The van der Waals surface area contributed by atoms with Gasteiger partial charge in [-0.2, -0.15) is 0 Å². The second-order valence-electron chi connectivity index (χ2n) is 5.24. The van der Waals surface area contributed by atoms with Crippen molar-refractivity contribution < 1.29 is 9.53 Å². The van der Waals surface area contributed by atoms with Crippen molar-refractivity contribution in [3.05, 3.63) is 75.7 Å². The fraction of sp³-hybridized carbons (Fsp3) is 0.111. The van der Waals surface area contributed by atoms with Gasteiger partial charge in [0.25, 0.3) is 11.5 Å². The van der Waals surface area contributed by atoms with Crippen LogP contribution < -0.4 is 10.9 Å². The summed E-state index contributed by atoms with van der Waals surface area (Å²) in [4.78, 5) is 26.9. The van der Waals surface area contributed by atoms with Crippen molar-refractivity contribution in [3.63, 3.8) is 0 Å². The summed E-state index contributed by atoms with van der Waals surface area (Å²) in [6.07, 6.45) is 0.795. The van der Waals surface area contributed by atoms with E-state index in [1.54, 1.807) is 18.3 Å². The van der Waals surface area contributed by atoms with Gasteiger partial charge in [0, 0.05) is 18.7 Å². The van der Waals surface area contributed by atoms with Crippen LogP contribution in [0.1, 0.15) is 11.7 Å². The monoisotopic (exact) mass is 342 g/mol. The number of anilines is 1. The number of nitrogens with one attached hydrogen (secondary N) is 2. The Morgan fingerprint density at radius 1 is 1.21 bits per heavy atom. The molecule has 0 saturated heterocycles. The van der Waals surface area contributed by atoms with Crippen LogP contribution in [0.3, 0.4) is 0 Å². The van der Waals surface area contributed by atoms with Crippen LogP contribution in [0.5, 0.6) is 0 Å². The van der Waals surface area contributed by atoms with E-state index in [-0.39, 0.29) is 16.5 Å². The number of aromatic nitrogens is 1. The first-order valence-corrected chi connectivity index (χ1v) is 7.67. The molecule has 2 aromatic carbocycles. The summed E-state index contributed by atoms with van der Waals surface area (Å²) in [5.74, 6) is -0.338. The first-order valence-electron chi connectivity index (χ1n) is 7.29. The molecule has 2 N–H and O–H groups in total. The Kier molecular flexibility index (Phi) is 4.64. The first-order chi connectivity index (χ1) is 11.6. The Bertz CT molecular complexity index is 938. The fourth-order valence-electron chi connectivity index (χ4n) is 2.53. The molecule has 0 aliphatic rings. The first kappa shape index (κ1) is 16.2. The van der Waals surface area contributed by atoms with E-state index in [4.69, 9.17) is 16.3 Å². The Balaban J connectivity index is 1.92. The predicted molar refractivity (Wildman–Crippen MR) is 94.4 cm³/mol. The highest BCUT2D eigenvalue weighted by atomic mass is 35.5. The highest BCUT2D eigenvalue weighted by Crippen LogP contribution is 2.28. The van der Waals surface area contributed by atoms with Crippen LogP contribution in [0, 0.1) is 0 Å². The molecular formula is C18H15ClN2O3. The van der Waals surface area contributed by atoms with Gasteiger partial charge in [-0.05, 0) is 29.1 Å². The molecule has 3 rings (SSSR count). The van der Waals surface area contributed by atoms with E-state index in [2.05, 4.69) is 10.3 Å². The van der Waals surface area contributed by atoms with Crippen molar-refractivity contribution in [2.75, 3.05) is 12.4 Å². The zero-order chi connectivity index (χ0) is 17.1. The van der Waals surface area contributed by atoms with Gasteiger partial charge in [0.05, 0.1) is 10.7 Å². The van der Waals surface area contributed by atoms with Crippen molar-refractivity contribution in [3.8, 4) is 0 Å². The van der Waals surface area contributed by atoms with Gasteiger partial charge in [-0.3, -0.25) is 9.59 Å². The number of benzene rings is 2. The van der Waals surface area contributed by atoms with Gasteiger partial charge >= 0.3 is 0 Å². The largest absolute Gasteiger partial charge is 0.367 e. The number of methoxy groups -OCH3 is 1. The molecule has 5 nitrogen and oxygen atoms in total. The number of H-pyrrole nitrogens is 1. The summed E-state index contributed by atoms with van der Waals surface area (Å²) in [6.45, 7) is 0. The predicted octanol–water partition coefficient (Wildman–Crippen LogP) is 3.51. The fourth-order valence-corrected chi connectivity index (χ4v) is 2.74. The molecule has 0 spiro atoms. The molecule has 0 aliphatic carbocycles. The highest BCUT2D eigenvalue weighted by molar-refractivity contribution is 6.34. The number of hydrogen-bond acceptors (Lipinski definition) is 3. The van der Waals surface area contributed by atoms with Crippen molar-refractivity contribution in [1.82, 2.24) is 4.98 Å². The maximum absolute atomic E-state index is 12.5. The number of rotatable bonds is 4. The van der Waals surface area contributed by atoms with E-state index in [9.17, 15) is 9.59 Å². The van der Waals surface area contributed by atoms with Crippen molar-refractivity contribution in [2.45, 2.75) is 6.10 Å². The molecule has 1 amide bonds. The normalized spacial score (nSPS) is 12.1. The average molecular weight is 343 g/mol. The molecule has 122 valence electrons. The quantitative estimate of drug-likeness (QED) is 0.762. The molecule has 0 aliphatic heterocycles. The number of pyridine rings is 1. The number of halogens is 1. The van der Waals surface area contributed by atoms with Crippen molar-refractivity contribution in [1.29, 1.82) is 0 Å². The molecule has 1 heterocycles. The number of carbonyl (C=O) groups is 1. The highest BCUT2D eigenvalue weighted by Gasteiger charge is 2.21. The van der Waals surface area contributed by atoms with E-state index in [1.807, 2.05) is 30.3 Å². The maximum atomic E-state index is 12.5. The van der Waals surface area contributed by atoms with E-state index in [0.29, 0.717) is 16.5 Å². The minimum absolute atomic E-state index is 0.230. The van der Waals surface area contributed by atoms with Crippen LogP contribution in [-0.2, 0) is 9.53 Å². The van der Waals surface area contributed by atoms with Gasteiger partial charge in [-0.1, -0.05) is 41.9 Å². The Morgan fingerprint density at radius 2 is 1.96 bits per heavy atom. The standard InChI is InChI=1S/C18H15ClN2O3/c1-24-16(11-5-3-2-4-6-11)18(23)21-15-9-12-7-8-20-17(22)13(12)10-14(15)19/h2-10,16H,1H3,(H,20,22)(H,21,23)/t16-/m0/s1. The summed E-state index contributed by atoms with van der Waals surface area (Å²) >= 11 is 6.20. The summed E-state index contributed by atoms with van der Waals surface area (Å²) < 4.78 is 5.31. The zero-order valence-corrected chi connectivity index (χ0v) is 13.6. The van der Waals surface area contributed by atoms with Gasteiger partial charge in [0.2, 0.25) is 0 Å². The average Bonchev–Trinajstić information content (AvgIpc) is 2.58. The molecule has 0 unspecified atom stereocenters. The van der Waals surface area contributed by atoms with Crippen LogP contribution in [0.2, 0.25) is 5.02 Å². The molecule has 0 fully saturated rings. The van der Waals surface area contributed by atoms with Crippen LogP contribution in [0.4, 0.5) is 5.69 Å². The molecule has 0 bridgehead atoms. The number of amides is 1. The lowest BCUT2D eigenvalue weighted by atomic mass is 10.1. The van der Waals surface area contributed by atoms with Gasteiger partial charge in [0.1, 0.15) is 0 Å². The molecule has 0 radical (unpaired) electrons. The lowest BCUT2D eigenvalue weighted by molar-refractivity contribution is -0.126. The Morgan fingerprint density at radius 3 is 2.67 bits per heavy atom. The SMILES string of the molecule is CO[C@H](C(=O)Nc1cc2cc[nH]c(=O)c2cc1Cl)c1ccccc1. The lowest BCUT2D eigenvalue weighted by Crippen LogP contribution is -2.22. The maximum Gasteiger partial charge on any atom is 0.258 e. The molecule has 1 atom stereocenters. The smallest absolute Gasteiger partial charge is 0.258 e.